The molecule has 4 rings (SSSR count). The van der Waals surface area contributed by atoms with Crippen LogP contribution in [-0.2, 0) is 16.6 Å². The Bertz CT molecular complexity index is 684. The van der Waals surface area contributed by atoms with Gasteiger partial charge in [-0.2, -0.15) is 0 Å². The van der Waals surface area contributed by atoms with Gasteiger partial charge in [0.05, 0.1) is 17.6 Å². The molecule has 2 N–H and O–H groups in total. The Kier molecular flexibility index (Phi) is 1.72. The van der Waals surface area contributed by atoms with Crippen molar-refractivity contribution in [3.05, 3.63) is 41.7 Å². The average Bonchev–Trinajstić information content (AvgIpc) is 2.69. The van der Waals surface area contributed by atoms with Gasteiger partial charge in [0.25, 0.3) is 0 Å². The molecule has 1 fully saturated rings. The molecule has 3 atom stereocenters. The highest BCUT2D eigenvalue weighted by atomic mass is 16.5. The summed E-state index contributed by atoms with van der Waals surface area (Å²) in [4.78, 5) is 20.6. The van der Waals surface area contributed by atoms with E-state index in [0.29, 0.717) is 17.8 Å². The number of hydrogen-bond acceptors (Lipinski definition) is 5. The number of hydrogen-bond donors (Lipinski definition) is 2. The maximum absolute atomic E-state index is 11.7. The van der Waals surface area contributed by atoms with E-state index in [1.807, 2.05) is 0 Å². The van der Waals surface area contributed by atoms with E-state index in [0.717, 1.165) is 10.4 Å². The average molecular weight is 258 g/mol. The maximum atomic E-state index is 11.7. The van der Waals surface area contributed by atoms with Gasteiger partial charge < -0.3 is 10.3 Å². The predicted molar refractivity (Wildman–Crippen MR) is 60.7 cm³/mol. The van der Waals surface area contributed by atoms with Crippen molar-refractivity contribution >= 4 is 5.97 Å². The Morgan fingerprint density at radius 3 is 3.00 bits per heavy atom. The first-order valence-corrected chi connectivity index (χ1v) is 5.93. The van der Waals surface area contributed by atoms with Crippen LogP contribution in [-0.4, -0.2) is 36.2 Å². The minimum absolute atomic E-state index is 0.0413. The number of aromatic nitrogens is 4. The predicted octanol–water partition coefficient (Wildman–Crippen LogP) is 0.203. The summed E-state index contributed by atoms with van der Waals surface area (Å²) in [6.07, 6.45) is 6.65. The number of rotatable bonds is 2. The molecular weight excluding hydrogens is 248 g/mol. The number of fused-ring (bicyclic) bond motifs is 3. The molecule has 2 heterocycles. The van der Waals surface area contributed by atoms with Crippen molar-refractivity contribution < 1.29 is 15.1 Å². The van der Waals surface area contributed by atoms with Gasteiger partial charge in [-0.05, 0) is 17.9 Å². The molecule has 0 spiro atoms. The van der Waals surface area contributed by atoms with Crippen LogP contribution in [0.25, 0.3) is 0 Å². The third-order valence-corrected chi connectivity index (χ3v) is 4.25. The van der Waals surface area contributed by atoms with Gasteiger partial charge in [-0.3, -0.25) is 14.8 Å². The Morgan fingerprint density at radius 2 is 2.32 bits per heavy atom. The minimum Gasteiger partial charge on any atom is -0.481 e. The maximum Gasteiger partial charge on any atom is 0.316 e. The highest BCUT2D eigenvalue weighted by Gasteiger charge is 2.76. The highest BCUT2D eigenvalue weighted by Crippen LogP contribution is 2.70. The molecule has 19 heavy (non-hydrogen) atoms. The third kappa shape index (κ3) is 1.08. The first-order valence-electron chi connectivity index (χ1n) is 5.93. The van der Waals surface area contributed by atoms with Crippen LogP contribution in [0, 0.1) is 5.92 Å². The summed E-state index contributed by atoms with van der Waals surface area (Å²) in [5.41, 5.74) is 1.02. The molecule has 2 aromatic heterocycles. The lowest BCUT2D eigenvalue weighted by molar-refractivity contribution is -0.140. The van der Waals surface area contributed by atoms with Crippen molar-refractivity contribution in [2.24, 2.45) is 5.92 Å². The Balaban J connectivity index is 1.85. The van der Waals surface area contributed by atoms with Crippen molar-refractivity contribution in [3.8, 4) is 0 Å². The van der Waals surface area contributed by atoms with Crippen LogP contribution in [0.4, 0.5) is 0 Å². The fourth-order valence-corrected chi connectivity index (χ4v) is 3.47. The lowest BCUT2D eigenvalue weighted by Crippen LogP contribution is -2.27. The van der Waals surface area contributed by atoms with E-state index in [9.17, 15) is 15.1 Å². The SMILES string of the molecule is O=C(O)C1(c2cnccn2)[C@H]2Cc3cn(O)nc3[C@@H]21. The van der Waals surface area contributed by atoms with Crippen molar-refractivity contribution in [1.29, 1.82) is 0 Å². The smallest absolute Gasteiger partial charge is 0.316 e. The fourth-order valence-electron chi connectivity index (χ4n) is 3.47. The lowest BCUT2D eigenvalue weighted by atomic mass is 9.91. The molecule has 2 aromatic rings. The third-order valence-electron chi connectivity index (χ3n) is 4.25. The Hall–Kier alpha value is -2.44. The van der Waals surface area contributed by atoms with Gasteiger partial charge in [-0.15, -0.1) is 9.94 Å². The number of carboxylic acids is 1. The van der Waals surface area contributed by atoms with E-state index < -0.39 is 11.4 Å². The zero-order valence-corrected chi connectivity index (χ0v) is 9.76. The van der Waals surface area contributed by atoms with Gasteiger partial charge in [0.1, 0.15) is 5.41 Å². The summed E-state index contributed by atoms with van der Waals surface area (Å²) in [7, 11) is 0. The highest BCUT2D eigenvalue weighted by molar-refractivity contribution is 5.89. The molecule has 0 saturated heterocycles. The zero-order chi connectivity index (χ0) is 13.2. The van der Waals surface area contributed by atoms with Crippen LogP contribution in [0.2, 0.25) is 0 Å². The summed E-state index contributed by atoms with van der Waals surface area (Å²) < 4.78 is 0. The van der Waals surface area contributed by atoms with Crippen molar-refractivity contribution in [3.63, 3.8) is 0 Å². The molecule has 1 unspecified atom stereocenters. The minimum atomic E-state index is -1.03. The van der Waals surface area contributed by atoms with Crippen LogP contribution in [0.5, 0.6) is 0 Å². The summed E-state index contributed by atoms with van der Waals surface area (Å²) >= 11 is 0. The van der Waals surface area contributed by atoms with E-state index in [1.54, 1.807) is 0 Å². The standard InChI is InChI=1S/C12H10N4O3/c17-11(18)12(8-4-13-1-2-14-8)7-3-6-5-16(19)15-10(6)9(7)12/h1-2,4-5,7,9,19H,3H2,(H,17,18)/t7-,9+,12?/m0/s1. The van der Waals surface area contributed by atoms with Crippen LogP contribution in [0.3, 0.4) is 0 Å². The summed E-state index contributed by atoms with van der Waals surface area (Å²) in [6, 6.07) is 0. The topological polar surface area (TPSA) is 101 Å². The summed E-state index contributed by atoms with van der Waals surface area (Å²) in [6.45, 7) is 0. The lowest BCUT2D eigenvalue weighted by Gasteiger charge is -2.14. The molecular formula is C12H10N4O3. The summed E-state index contributed by atoms with van der Waals surface area (Å²) in [5.74, 6) is -1.16. The number of carbonyl (C=O) groups is 1. The van der Waals surface area contributed by atoms with E-state index >= 15 is 0 Å². The van der Waals surface area contributed by atoms with Gasteiger partial charge in [0, 0.05) is 24.5 Å². The van der Waals surface area contributed by atoms with Crippen LogP contribution in [0.15, 0.2) is 24.8 Å². The number of carboxylic acid groups (broad SMARTS) is 1. The Labute approximate surface area is 107 Å². The van der Waals surface area contributed by atoms with Crippen molar-refractivity contribution in [2.45, 2.75) is 17.8 Å². The van der Waals surface area contributed by atoms with Crippen molar-refractivity contribution in [1.82, 2.24) is 19.9 Å². The summed E-state index contributed by atoms with van der Waals surface area (Å²) in [5, 5.41) is 23.0. The van der Waals surface area contributed by atoms with Gasteiger partial charge in [0.15, 0.2) is 0 Å². The number of nitrogens with zero attached hydrogens (tertiary/aromatic N) is 4. The number of aliphatic carboxylic acids is 1. The molecule has 96 valence electrons. The van der Waals surface area contributed by atoms with Gasteiger partial charge in [0.2, 0.25) is 0 Å². The molecule has 0 bridgehead atoms. The van der Waals surface area contributed by atoms with E-state index in [1.165, 1.54) is 24.8 Å². The second-order valence-electron chi connectivity index (χ2n) is 5.01. The van der Waals surface area contributed by atoms with Crippen LogP contribution < -0.4 is 0 Å². The monoisotopic (exact) mass is 258 g/mol. The fraction of sp³-hybridized carbons (Fsp3) is 0.333. The molecule has 7 nitrogen and oxygen atoms in total. The molecule has 1 saturated carbocycles. The first-order chi connectivity index (χ1) is 9.15. The largest absolute Gasteiger partial charge is 0.481 e. The van der Waals surface area contributed by atoms with E-state index in [2.05, 4.69) is 15.1 Å². The van der Waals surface area contributed by atoms with Crippen molar-refractivity contribution in [2.75, 3.05) is 0 Å². The molecule has 7 heteroatoms. The molecule has 0 radical (unpaired) electrons. The van der Waals surface area contributed by atoms with E-state index in [4.69, 9.17) is 0 Å². The van der Waals surface area contributed by atoms with Crippen LogP contribution in [0.1, 0.15) is 22.9 Å². The van der Waals surface area contributed by atoms with Gasteiger partial charge in [-0.1, -0.05) is 0 Å². The molecule has 2 aliphatic carbocycles. The second kappa shape index (κ2) is 3.11. The molecule has 0 amide bonds. The quantitative estimate of drug-likeness (QED) is 0.746. The second-order valence-corrected chi connectivity index (χ2v) is 5.01. The molecule has 0 aliphatic heterocycles. The van der Waals surface area contributed by atoms with E-state index in [-0.39, 0.29) is 11.8 Å². The molecule has 2 aliphatic rings. The van der Waals surface area contributed by atoms with Gasteiger partial charge >= 0.3 is 5.97 Å². The normalized spacial score (nSPS) is 30.7. The van der Waals surface area contributed by atoms with Crippen LogP contribution >= 0.6 is 0 Å². The van der Waals surface area contributed by atoms with Gasteiger partial charge in [-0.25, -0.2) is 0 Å². The molecule has 0 aromatic carbocycles. The first kappa shape index (κ1) is 10.5. The zero-order valence-electron chi connectivity index (χ0n) is 9.76. The Morgan fingerprint density at radius 1 is 1.47 bits per heavy atom.